The first-order valence-corrected chi connectivity index (χ1v) is 9.49. The number of carbonyl (C=O) groups excluding carboxylic acids is 1. The third-order valence-corrected chi connectivity index (χ3v) is 5.13. The molecule has 1 N–H and O–H groups in total. The number of hydrogen-bond donors (Lipinski definition) is 1. The fraction of sp³-hybridized carbons (Fsp3) is 0.368. The Kier molecular flexibility index (Phi) is 5.04. The minimum atomic E-state index is -0.152. The molecule has 1 atom stereocenters. The normalized spacial score (nSPS) is 17.0. The smallest absolute Gasteiger partial charge is 0.254 e. The van der Waals surface area contributed by atoms with Crippen LogP contribution in [0.5, 0.6) is 5.75 Å². The van der Waals surface area contributed by atoms with Crippen molar-refractivity contribution in [3.8, 4) is 5.75 Å². The third-order valence-electron chi connectivity index (χ3n) is 4.90. The maximum atomic E-state index is 12.9. The van der Waals surface area contributed by atoms with Crippen molar-refractivity contribution < 1.29 is 9.53 Å². The van der Waals surface area contributed by atoms with E-state index >= 15 is 0 Å². The second-order valence-corrected chi connectivity index (χ2v) is 7.28. The Bertz CT molecular complexity index is 1020. The molecule has 1 amide bonds. The first-order chi connectivity index (χ1) is 13.5. The van der Waals surface area contributed by atoms with Gasteiger partial charge in [-0.3, -0.25) is 4.79 Å². The molecule has 8 nitrogen and oxygen atoms in total. The van der Waals surface area contributed by atoms with Gasteiger partial charge in [0.15, 0.2) is 0 Å². The van der Waals surface area contributed by atoms with Gasteiger partial charge in [0.2, 0.25) is 5.91 Å². The predicted octanol–water partition coefficient (Wildman–Crippen LogP) is 2.95. The number of hydrogen-bond acceptors (Lipinski definition) is 6. The summed E-state index contributed by atoms with van der Waals surface area (Å²) in [7, 11) is 1.55. The number of nitrogens with zero attached hydrogens (tertiary/aromatic N) is 5. The monoisotopic (exact) mass is 400 g/mol. The summed E-state index contributed by atoms with van der Waals surface area (Å²) in [6.45, 7) is 3.38. The maximum Gasteiger partial charge on any atom is 0.254 e. The first kappa shape index (κ1) is 18.5. The van der Waals surface area contributed by atoms with Crippen molar-refractivity contribution >= 4 is 34.8 Å². The maximum absolute atomic E-state index is 12.9. The molecule has 0 bridgehead atoms. The first-order valence-electron chi connectivity index (χ1n) is 9.12. The number of aryl methyl sites for hydroxylation is 1. The molecule has 0 saturated carbocycles. The van der Waals surface area contributed by atoms with Gasteiger partial charge in [-0.2, -0.15) is 14.6 Å². The van der Waals surface area contributed by atoms with Crippen molar-refractivity contribution in [3.05, 3.63) is 41.3 Å². The van der Waals surface area contributed by atoms with E-state index in [2.05, 4.69) is 25.3 Å². The van der Waals surface area contributed by atoms with E-state index in [1.54, 1.807) is 29.8 Å². The highest BCUT2D eigenvalue weighted by Crippen LogP contribution is 2.30. The van der Waals surface area contributed by atoms with Crippen LogP contribution in [0.1, 0.15) is 18.5 Å². The van der Waals surface area contributed by atoms with Crippen LogP contribution in [0, 0.1) is 12.8 Å². The van der Waals surface area contributed by atoms with Gasteiger partial charge < -0.3 is 15.0 Å². The molecule has 146 valence electrons. The molecule has 3 heterocycles. The van der Waals surface area contributed by atoms with E-state index in [1.807, 2.05) is 13.0 Å². The van der Waals surface area contributed by atoms with E-state index in [1.165, 1.54) is 6.33 Å². The molecule has 1 aromatic carbocycles. The lowest BCUT2D eigenvalue weighted by atomic mass is 9.97. The number of nitrogens with one attached hydrogen (secondary N) is 1. The Hall–Kier alpha value is -2.87. The van der Waals surface area contributed by atoms with Crippen LogP contribution in [0.25, 0.3) is 5.78 Å². The van der Waals surface area contributed by atoms with Gasteiger partial charge in [-0.25, -0.2) is 4.98 Å². The minimum absolute atomic E-state index is 0.0362. The number of ether oxygens (including phenoxy) is 1. The van der Waals surface area contributed by atoms with Gasteiger partial charge in [0, 0.05) is 35.9 Å². The lowest BCUT2D eigenvalue weighted by molar-refractivity contribution is -0.120. The Labute approximate surface area is 167 Å². The van der Waals surface area contributed by atoms with E-state index in [4.69, 9.17) is 16.3 Å². The van der Waals surface area contributed by atoms with Crippen LogP contribution < -0.4 is 15.0 Å². The van der Waals surface area contributed by atoms with Crippen molar-refractivity contribution in [1.82, 2.24) is 19.6 Å². The molecule has 0 spiro atoms. The van der Waals surface area contributed by atoms with Crippen LogP contribution in [-0.2, 0) is 4.79 Å². The topological polar surface area (TPSA) is 84.6 Å². The van der Waals surface area contributed by atoms with Gasteiger partial charge >= 0.3 is 0 Å². The van der Waals surface area contributed by atoms with E-state index in [-0.39, 0.29) is 11.8 Å². The second-order valence-electron chi connectivity index (χ2n) is 6.85. The zero-order chi connectivity index (χ0) is 19.7. The number of anilines is 2. The molecule has 1 fully saturated rings. The Morgan fingerprint density at radius 1 is 1.36 bits per heavy atom. The molecule has 1 saturated heterocycles. The van der Waals surface area contributed by atoms with Crippen molar-refractivity contribution in [3.63, 3.8) is 0 Å². The van der Waals surface area contributed by atoms with Crippen LogP contribution in [0.2, 0.25) is 5.02 Å². The van der Waals surface area contributed by atoms with Gasteiger partial charge in [-0.15, -0.1) is 0 Å². The minimum Gasteiger partial charge on any atom is -0.495 e. The number of rotatable bonds is 4. The summed E-state index contributed by atoms with van der Waals surface area (Å²) in [6, 6.07) is 7.15. The predicted molar refractivity (Wildman–Crippen MR) is 107 cm³/mol. The van der Waals surface area contributed by atoms with Gasteiger partial charge in [-0.1, -0.05) is 11.6 Å². The highest BCUT2D eigenvalue weighted by atomic mass is 35.5. The molecule has 1 aliphatic heterocycles. The average Bonchev–Trinajstić information content (AvgIpc) is 3.17. The fourth-order valence-electron chi connectivity index (χ4n) is 3.54. The highest BCUT2D eigenvalue weighted by Gasteiger charge is 2.28. The lowest BCUT2D eigenvalue weighted by Crippen LogP contribution is -2.41. The van der Waals surface area contributed by atoms with Crippen LogP contribution in [0.3, 0.4) is 0 Å². The molecule has 4 rings (SSSR count). The van der Waals surface area contributed by atoms with Crippen LogP contribution in [0.15, 0.2) is 30.6 Å². The van der Waals surface area contributed by atoms with E-state index in [9.17, 15) is 4.79 Å². The molecule has 28 heavy (non-hydrogen) atoms. The number of fused-ring (bicyclic) bond motifs is 1. The van der Waals surface area contributed by atoms with Crippen molar-refractivity contribution in [2.75, 3.05) is 30.4 Å². The zero-order valence-corrected chi connectivity index (χ0v) is 16.5. The van der Waals surface area contributed by atoms with E-state index in [0.29, 0.717) is 28.8 Å². The molecule has 9 heteroatoms. The lowest BCUT2D eigenvalue weighted by Gasteiger charge is -2.33. The molecule has 3 aromatic rings. The fourth-order valence-corrected chi connectivity index (χ4v) is 3.70. The molecule has 1 aliphatic rings. The third kappa shape index (κ3) is 3.60. The quantitative estimate of drug-likeness (QED) is 0.724. The number of amides is 1. The van der Waals surface area contributed by atoms with Crippen LogP contribution in [0.4, 0.5) is 11.5 Å². The van der Waals surface area contributed by atoms with E-state index in [0.717, 1.165) is 30.9 Å². The van der Waals surface area contributed by atoms with Gasteiger partial charge in [0.25, 0.3) is 5.78 Å². The molecule has 0 aliphatic carbocycles. The second kappa shape index (κ2) is 7.63. The number of benzene rings is 1. The van der Waals surface area contributed by atoms with E-state index < -0.39 is 0 Å². The van der Waals surface area contributed by atoms with Crippen molar-refractivity contribution in [2.24, 2.45) is 5.92 Å². The van der Waals surface area contributed by atoms with Gasteiger partial charge in [0.05, 0.1) is 18.7 Å². The number of halogens is 1. The number of methoxy groups -OCH3 is 1. The SMILES string of the molecule is COc1cc(Cl)ccc1NC(=O)C1CCCN(c2cc(C)nc3ncnn23)C1. The summed E-state index contributed by atoms with van der Waals surface area (Å²) in [5, 5.41) is 7.81. The number of aromatic nitrogens is 4. The number of carbonyl (C=O) groups is 1. The summed E-state index contributed by atoms with van der Waals surface area (Å²) < 4.78 is 7.04. The Morgan fingerprint density at radius 3 is 3.04 bits per heavy atom. The number of piperidine rings is 1. The molecule has 0 radical (unpaired) electrons. The largest absolute Gasteiger partial charge is 0.495 e. The van der Waals surface area contributed by atoms with Crippen LogP contribution >= 0.6 is 11.6 Å². The van der Waals surface area contributed by atoms with Gasteiger partial charge in [0.1, 0.15) is 17.9 Å². The van der Waals surface area contributed by atoms with Gasteiger partial charge in [-0.05, 0) is 31.9 Å². The Balaban J connectivity index is 1.54. The zero-order valence-electron chi connectivity index (χ0n) is 15.7. The average molecular weight is 401 g/mol. The van der Waals surface area contributed by atoms with Crippen molar-refractivity contribution in [2.45, 2.75) is 19.8 Å². The summed E-state index contributed by atoms with van der Waals surface area (Å²) in [5.74, 6) is 1.82. The summed E-state index contributed by atoms with van der Waals surface area (Å²) in [6.07, 6.45) is 3.22. The Morgan fingerprint density at radius 2 is 2.21 bits per heavy atom. The molecule has 1 unspecified atom stereocenters. The molecular formula is C19H21ClN6O2. The summed E-state index contributed by atoms with van der Waals surface area (Å²) in [5.41, 5.74) is 1.49. The standard InChI is InChI=1S/C19H21ClN6O2/c1-12-8-17(26-19(23-12)21-11-22-26)25-7-3-4-13(10-25)18(27)24-15-6-5-14(20)9-16(15)28-2/h5-6,8-9,11,13H,3-4,7,10H2,1-2H3,(H,24,27). The highest BCUT2D eigenvalue weighted by molar-refractivity contribution is 6.30. The summed E-state index contributed by atoms with van der Waals surface area (Å²) >= 11 is 6.00. The molecule has 2 aromatic heterocycles. The van der Waals surface area contributed by atoms with Crippen molar-refractivity contribution in [1.29, 1.82) is 0 Å². The molecular weight excluding hydrogens is 380 g/mol. The summed E-state index contributed by atoms with van der Waals surface area (Å²) in [4.78, 5) is 23.6. The van der Waals surface area contributed by atoms with Crippen LogP contribution in [-0.4, -0.2) is 45.7 Å².